The van der Waals surface area contributed by atoms with Crippen LogP contribution in [0.5, 0.6) is 0 Å². The number of nitrogens with one attached hydrogen (secondary N) is 2. The fraction of sp³-hybridized carbons (Fsp3) is 0.217. The lowest BCUT2D eigenvalue weighted by Gasteiger charge is -2.09. The molecule has 0 aliphatic carbocycles. The van der Waals surface area contributed by atoms with Crippen molar-refractivity contribution in [3.8, 4) is 0 Å². The molecule has 0 radical (unpaired) electrons. The van der Waals surface area contributed by atoms with Crippen molar-refractivity contribution < 1.29 is 19.1 Å². The van der Waals surface area contributed by atoms with Gasteiger partial charge in [0.25, 0.3) is 11.8 Å². The number of aromatic nitrogens is 2. The van der Waals surface area contributed by atoms with Crippen molar-refractivity contribution in [2.75, 3.05) is 19.0 Å². The highest BCUT2D eigenvalue weighted by atomic mass is 35.5. The van der Waals surface area contributed by atoms with E-state index in [1.165, 1.54) is 13.1 Å². The molecule has 3 rings (SSSR count). The lowest BCUT2D eigenvalue weighted by atomic mass is 10.2. The number of halogens is 1. The summed E-state index contributed by atoms with van der Waals surface area (Å²) in [6.45, 7) is 3.40. The average molecular weight is 455 g/mol. The van der Waals surface area contributed by atoms with Gasteiger partial charge in [0, 0.05) is 23.3 Å². The van der Waals surface area contributed by atoms with Gasteiger partial charge in [0.2, 0.25) is 0 Å². The van der Waals surface area contributed by atoms with Gasteiger partial charge in [-0.1, -0.05) is 35.9 Å². The monoisotopic (exact) mass is 454 g/mol. The zero-order chi connectivity index (χ0) is 23.3. The molecule has 2 aromatic carbocycles. The molecule has 1 aromatic heterocycles. The molecule has 32 heavy (non-hydrogen) atoms. The van der Waals surface area contributed by atoms with E-state index in [9.17, 15) is 14.4 Å². The Labute approximate surface area is 190 Å². The maximum atomic E-state index is 12.6. The number of hydrogen-bond donors (Lipinski definition) is 2. The zero-order valence-corrected chi connectivity index (χ0v) is 18.7. The molecule has 0 aliphatic heterocycles. The normalized spacial score (nSPS) is 10.5. The Morgan fingerprint density at radius 1 is 1.09 bits per heavy atom. The molecule has 0 saturated heterocycles. The summed E-state index contributed by atoms with van der Waals surface area (Å²) in [7, 11) is 1.52. The van der Waals surface area contributed by atoms with E-state index in [1.807, 2.05) is 18.2 Å². The SMILES string of the molecule is CNC(=O)c1cccc(NC(=O)COC(=O)c2c(C)nn(Cc3ccccc3Cl)c2C)c1. The molecule has 0 atom stereocenters. The second kappa shape index (κ2) is 10.1. The molecule has 0 bridgehead atoms. The van der Waals surface area contributed by atoms with Gasteiger partial charge in [0.05, 0.1) is 17.9 Å². The smallest absolute Gasteiger partial charge is 0.342 e. The average Bonchev–Trinajstić information content (AvgIpc) is 3.06. The minimum atomic E-state index is -0.639. The van der Waals surface area contributed by atoms with Crippen LogP contribution >= 0.6 is 11.6 Å². The Balaban J connectivity index is 1.64. The van der Waals surface area contributed by atoms with E-state index >= 15 is 0 Å². The number of hydrogen-bond acceptors (Lipinski definition) is 5. The maximum absolute atomic E-state index is 12.6. The van der Waals surface area contributed by atoms with Crippen molar-refractivity contribution in [3.05, 3.63) is 81.6 Å². The number of carbonyl (C=O) groups is 3. The molecule has 1 heterocycles. The Bertz CT molecular complexity index is 1170. The van der Waals surface area contributed by atoms with Crippen molar-refractivity contribution in [1.29, 1.82) is 0 Å². The molecule has 2 N–H and O–H groups in total. The molecule has 2 amide bonds. The number of benzene rings is 2. The van der Waals surface area contributed by atoms with Gasteiger partial charge in [0.15, 0.2) is 6.61 Å². The minimum Gasteiger partial charge on any atom is -0.452 e. The van der Waals surface area contributed by atoms with Crippen LogP contribution in [0.4, 0.5) is 5.69 Å². The summed E-state index contributed by atoms with van der Waals surface area (Å²) in [4.78, 5) is 36.6. The van der Waals surface area contributed by atoms with Gasteiger partial charge in [0.1, 0.15) is 5.56 Å². The van der Waals surface area contributed by atoms with Gasteiger partial charge in [-0.05, 0) is 43.7 Å². The molecule has 8 nitrogen and oxygen atoms in total. The molecular formula is C23H23ClN4O4. The van der Waals surface area contributed by atoms with Gasteiger partial charge in [-0.15, -0.1) is 0 Å². The third-order valence-electron chi connectivity index (χ3n) is 4.83. The number of aryl methyl sites for hydroxylation is 1. The van der Waals surface area contributed by atoms with E-state index < -0.39 is 18.5 Å². The van der Waals surface area contributed by atoms with E-state index in [1.54, 1.807) is 42.8 Å². The predicted molar refractivity (Wildman–Crippen MR) is 121 cm³/mol. The number of carbonyl (C=O) groups excluding carboxylic acids is 3. The fourth-order valence-electron chi connectivity index (χ4n) is 3.22. The third kappa shape index (κ3) is 5.33. The van der Waals surface area contributed by atoms with Crippen LogP contribution in [0.3, 0.4) is 0 Å². The summed E-state index contributed by atoms with van der Waals surface area (Å²) in [6, 6.07) is 13.8. The van der Waals surface area contributed by atoms with Gasteiger partial charge in [-0.2, -0.15) is 5.10 Å². The first-order valence-electron chi connectivity index (χ1n) is 9.86. The van der Waals surface area contributed by atoms with Crippen molar-refractivity contribution in [2.24, 2.45) is 0 Å². The molecular weight excluding hydrogens is 432 g/mol. The Hall–Kier alpha value is -3.65. The van der Waals surface area contributed by atoms with E-state index in [4.69, 9.17) is 16.3 Å². The highest BCUT2D eigenvalue weighted by Gasteiger charge is 2.21. The molecule has 0 spiro atoms. The molecule has 0 unspecified atom stereocenters. The van der Waals surface area contributed by atoms with Gasteiger partial charge >= 0.3 is 5.97 Å². The van der Waals surface area contributed by atoms with Crippen LogP contribution < -0.4 is 10.6 Å². The van der Waals surface area contributed by atoms with E-state index in [0.717, 1.165) is 5.56 Å². The lowest BCUT2D eigenvalue weighted by molar-refractivity contribution is -0.119. The number of anilines is 1. The van der Waals surface area contributed by atoms with Crippen LogP contribution in [0, 0.1) is 13.8 Å². The molecule has 9 heteroatoms. The quantitative estimate of drug-likeness (QED) is 0.533. The number of rotatable bonds is 7. The first-order valence-corrected chi connectivity index (χ1v) is 10.2. The van der Waals surface area contributed by atoms with Gasteiger partial charge in [-0.3, -0.25) is 14.3 Å². The largest absolute Gasteiger partial charge is 0.452 e. The van der Waals surface area contributed by atoms with E-state index in [-0.39, 0.29) is 5.91 Å². The van der Waals surface area contributed by atoms with Crippen molar-refractivity contribution in [2.45, 2.75) is 20.4 Å². The standard InChI is InChI=1S/C23H23ClN4O4/c1-14-21(15(2)28(27-14)12-17-7-4-5-10-19(17)24)23(31)32-13-20(29)26-18-9-6-8-16(11-18)22(30)25-3/h4-11H,12-13H2,1-3H3,(H,25,30)(H,26,29). The topological polar surface area (TPSA) is 102 Å². The molecule has 0 aliphatic rings. The Kier molecular flexibility index (Phi) is 7.27. The van der Waals surface area contributed by atoms with Crippen LogP contribution in [-0.2, 0) is 16.1 Å². The second-order valence-electron chi connectivity index (χ2n) is 7.08. The number of nitrogens with zero attached hydrogens (tertiary/aromatic N) is 2. The zero-order valence-electron chi connectivity index (χ0n) is 17.9. The summed E-state index contributed by atoms with van der Waals surface area (Å²) in [5.41, 5.74) is 3.13. The van der Waals surface area contributed by atoms with Crippen LogP contribution in [0.25, 0.3) is 0 Å². The lowest BCUT2D eigenvalue weighted by Crippen LogP contribution is -2.22. The first-order chi connectivity index (χ1) is 15.3. The summed E-state index contributed by atoms with van der Waals surface area (Å²) in [5, 5.41) is 10.2. The van der Waals surface area contributed by atoms with Gasteiger partial charge in [-0.25, -0.2) is 4.79 Å². The number of esters is 1. The Morgan fingerprint density at radius 2 is 1.84 bits per heavy atom. The van der Waals surface area contributed by atoms with Gasteiger partial charge < -0.3 is 15.4 Å². The summed E-state index contributed by atoms with van der Waals surface area (Å²) in [6.07, 6.45) is 0. The van der Waals surface area contributed by atoms with Crippen LogP contribution in [0.1, 0.15) is 37.7 Å². The predicted octanol–water partition coefficient (Wildman–Crippen LogP) is 3.36. The molecule has 0 saturated carbocycles. The van der Waals surface area contributed by atoms with Crippen LogP contribution in [0.15, 0.2) is 48.5 Å². The fourth-order valence-corrected chi connectivity index (χ4v) is 3.41. The third-order valence-corrected chi connectivity index (χ3v) is 5.20. The molecule has 3 aromatic rings. The molecule has 166 valence electrons. The van der Waals surface area contributed by atoms with Crippen molar-refractivity contribution in [3.63, 3.8) is 0 Å². The number of ether oxygens (including phenoxy) is 1. The van der Waals surface area contributed by atoms with Crippen LogP contribution in [0.2, 0.25) is 5.02 Å². The first kappa shape index (κ1) is 23.0. The maximum Gasteiger partial charge on any atom is 0.342 e. The highest BCUT2D eigenvalue weighted by Crippen LogP contribution is 2.20. The van der Waals surface area contributed by atoms with E-state index in [0.29, 0.717) is 39.8 Å². The Morgan fingerprint density at radius 3 is 2.56 bits per heavy atom. The van der Waals surface area contributed by atoms with Crippen LogP contribution in [-0.4, -0.2) is 41.2 Å². The highest BCUT2D eigenvalue weighted by molar-refractivity contribution is 6.31. The molecule has 0 fully saturated rings. The van der Waals surface area contributed by atoms with Crippen molar-refractivity contribution >= 4 is 35.1 Å². The minimum absolute atomic E-state index is 0.271. The van der Waals surface area contributed by atoms with Crippen molar-refractivity contribution in [1.82, 2.24) is 15.1 Å². The number of amides is 2. The summed E-state index contributed by atoms with van der Waals surface area (Å²) in [5.74, 6) is -1.43. The van der Waals surface area contributed by atoms with E-state index in [2.05, 4.69) is 15.7 Å². The summed E-state index contributed by atoms with van der Waals surface area (Å²) >= 11 is 6.22. The summed E-state index contributed by atoms with van der Waals surface area (Å²) < 4.78 is 6.88. The second-order valence-corrected chi connectivity index (χ2v) is 7.49.